The van der Waals surface area contributed by atoms with Gasteiger partial charge in [-0.2, -0.15) is 0 Å². The third-order valence-electron chi connectivity index (χ3n) is 3.37. The Balaban J connectivity index is 0.00000400. The van der Waals surface area contributed by atoms with Crippen LogP contribution in [-0.2, 0) is 15.8 Å². The summed E-state index contributed by atoms with van der Waals surface area (Å²) in [7, 11) is -1.84. The molecule has 1 aromatic carbocycles. The number of benzene rings is 1. The van der Waals surface area contributed by atoms with E-state index in [9.17, 15) is 12.8 Å². The first-order chi connectivity index (χ1) is 9.22. The van der Waals surface area contributed by atoms with Crippen molar-refractivity contribution in [3.63, 3.8) is 0 Å². The molecule has 122 valence electrons. The Hall–Kier alpha value is -0.690. The van der Waals surface area contributed by atoms with Gasteiger partial charge in [0.2, 0.25) is 10.0 Å². The maximum atomic E-state index is 12.8. The molecule has 1 atom stereocenters. The maximum Gasteiger partial charge on any atom is 0.218 e. The molecule has 0 heterocycles. The molecule has 0 radical (unpaired) electrons. The van der Waals surface area contributed by atoms with E-state index in [1.807, 2.05) is 13.8 Å². The maximum absolute atomic E-state index is 12.8. The molecule has 0 aliphatic carbocycles. The van der Waals surface area contributed by atoms with Crippen molar-refractivity contribution < 1.29 is 12.8 Å². The lowest BCUT2D eigenvalue weighted by Gasteiger charge is -2.21. The molecule has 0 spiro atoms. The van der Waals surface area contributed by atoms with Crippen molar-refractivity contribution >= 4 is 22.4 Å². The molecule has 0 fully saturated rings. The van der Waals surface area contributed by atoms with Crippen molar-refractivity contribution in [3.8, 4) is 0 Å². The molecule has 0 bridgehead atoms. The zero-order chi connectivity index (χ0) is 15.3. The zero-order valence-electron chi connectivity index (χ0n) is 12.6. The Morgan fingerprint density at radius 3 is 2.24 bits per heavy atom. The van der Waals surface area contributed by atoms with Gasteiger partial charge in [0.05, 0.1) is 5.75 Å². The highest BCUT2D eigenvalue weighted by atomic mass is 35.5. The molecule has 1 aromatic rings. The SMILES string of the molecule is CC(C)C(N)CCN(C)S(=O)(=O)Cc1ccc(F)cc1.Cl. The molecular weight excluding hydrogens is 315 g/mol. The quantitative estimate of drug-likeness (QED) is 0.830. The Kier molecular flexibility index (Phi) is 8.39. The lowest BCUT2D eigenvalue weighted by Crippen LogP contribution is -2.35. The highest BCUT2D eigenvalue weighted by molar-refractivity contribution is 7.88. The third kappa shape index (κ3) is 6.74. The van der Waals surface area contributed by atoms with Crippen molar-refractivity contribution in [2.24, 2.45) is 11.7 Å². The standard InChI is InChI=1S/C14H23FN2O2S.ClH/c1-11(2)14(16)8-9-17(3)20(18,19)10-12-4-6-13(15)7-5-12;/h4-7,11,14H,8-10,16H2,1-3H3;1H. The van der Waals surface area contributed by atoms with E-state index in [0.29, 0.717) is 24.4 Å². The van der Waals surface area contributed by atoms with Crippen molar-refractivity contribution in [1.82, 2.24) is 4.31 Å². The summed E-state index contributed by atoms with van der Waals surface area (Å²) in [6.45, 7) is 4.41. The van der Waals surface area contributed by atoms with E-state index in [2.05, 4.69) is 0 Å². The molecule has 0 saturated carbocycles. The third-order valence-corrected chi connectivity index (χ3v) is 5.20. The van der Waals surface area contributed by atoms with Crippen LogP contribution in [0.1, 0.15) is 25.8 Å². The smallest absolute Gasteiger partial charge is 0.218 e. The van der Waals surface area contributed by atoms with Gasteiger partial charge in [-0.05, 0) is 30.0 Å². The van der Waals surface area contributed by atoms with Crippen molar-refractivity contribution in [3.05, 3.63) is 35.6 Å². The predicted octanol–water partition coefficient (Wildman–Crippen LogP) is 2.38. The Labute approximate surface area is 133 Å². The predicted molar refractivity (Wildman–Crippen MR) is 86.3 cm³/mol. The van der Waals surface area contributed by atoms with E-state index in [0.717, 1.165) is 0 Å². The van der Waals surface area contributed by atoms with Gasteiger partial charge in [0, 0.05) is 19.6 Å². The lowest BCUT2D eigenvalue weighted by molar-refractivity contribution is 0.397. The van der Waals surface area contributed by atoms with Gasteiger partial charge in [0.15, 0.2) is 0 Å². The molecule has 0 saturated heterocycles. The monoisotopic (exact) mass is 338 g/mol. The second kappa shape index (κ2) is 8.68. The number of hydrogen-bond donors (Lipinski definition) is 1. The van der Waals surface area contributed by atoms with Crippen LogP contribution in [0.25, 0.3) is 0 Å². The van der Waals surface area contributed by atoms with E-state index < -0.39 is 10.0 Å². The highest BCUT2D eigenvalue weighted by Crippen LogP contribution is 2.12. The van der Waals surface area contributed by atoms with Crippen LogP contribution in [0.3, 0.4) is 0 Å². The summed E-state index contributed by atoms with van der Waals surface area (Å²) >= 11 is 0. The number of rotatable bonds is 7. The second-order valence-electron chi connectivity index (χ2n) is 5.40. The molecule has 0 aliphatic rings. The Morgan fingerprint density at radius 2 is 1.76 bits per heavy atom. The molecule has 21 heavy (non-hydrogen) atoms. The van der Waals surface area contributed by atoms with Gasteiger partial charge in [-0.1, -0.05) is 26.0 Å². The fourth-order valence-electron chi connectivity index (χ4n) is 1.70. The topological polar surface area (TPSA) is 63.4 Å². The molecule has 0 aromatic heterocycles. The summed E-state index contributed by atoms with van der Waals surface area (Å²) < 4.78 is 38.4. The van der Waals surface area contributed by atoms with Crippen LogP contribution in [0.15, 0.2) is 24.3 Å². The van der Waals surface area contributed by atoms with Crippen molar-refractivity contribution in [1.29, 1.82) is 0 Å². The van der Waals surface area contributed by atoms with Gasteiger partial charge < -0.3 is 5.73 Å². The molecular formula is C14H24ClFN2O2S. The average Bonchev–Trinajstić information content (AvgIpc) is 2.37. The fraction of sp³-hybridized carbons (Fsp3) is 0.571. The largest absolute Gasteiger partial charge is 0.327 e. The van der Waals surface area contributed by atoms with E-state index in [-0.39, 0.29) is 30.0 Å². The summed E-state index contributed by atoms with van der Waals surface area (Å²) in [6.07, 6.45) is 0.622. The minimum atomic E-state index is -3.39. The van der Waals surface area contributed by atoms with Gasteiger partial charge in [-0.15, -0.1) is 12.4 Å². The number of sulfonamides is 1. The van der Waals surface area contributed by atoms with E-state index in [1.54, 1.807) is 7.05 Å². The zero-order valence-corrected chi connectivity index (χ0v) is 14.3. The Morgan fingerprint density at radius 1 is 1.24 bits per heavy atom. The average molecular weight is 339 g/mol. The molecule has 4 nitrogen and oxygen atoms in total. The van der Waals surface area contributed by atoms with Gasteiger partial charge in [-0.25, -0.2) is 17.1 Å². The van der Waals surface area contributed by atoms with Crippen LogP contribution in [0, 0.1) is 11.7 Å². The first-order valence-corrected chi connectivity index (χ1v) is 8.27. The van der Waals surface area contributed by atoms with Crippen LogP contribution in [0.5, 0.6) is 0 Å². The van der Waals surface area contributed by atoms with Gasteiger partial charge in [0.1, 0.15) is 5.82 Å². The van der Waals surface area contributed by atoms with Crippen LogP contribution in [-0.4, -0.2) is 32.4 Å². The highest BCUT2D eigenvalue weighted by Gasteiger charge is 2.19. The van der Waals surface area contributed by atoms with Gasteiger partial charge in [-0.3, -0.25) is 0 Å². The minimum Gasteiger partial charge on any atom is -0.327 e. The molecule has 1 unspecified atom stereocenters. The summed E-state index contributed by atoms with van der Waals surface area (Å²) in [4.78, 5) is 0. The van der Waals surface area contributed by atoms with E-state index in [1.165, 1.54) is 28.6 Å². The van der Waals surface area contributed by atoms with E-state index >= 15 is 0 Å². The van der Waals surface area contributed by atoms with Crippen molar-refractivity contribution in [2.45, 2.75) is 32.1 Å². The first-order valence-electron chi connectivity index (χ1n) is 6.66. The van der Waals surface area contributed by atoms with Gasteiger partial charge >= 0.3 is 0 Å². The summed E-state index contributed by atoms with van der Waals surface area (Å²) in [6, 6.07) is 5.48. The number of nitrogens with two attached hydrogens (primary N) is 1. The molecule has 7 heteroatoms. The number of hydrogen-bond acceptors (Lipinski definition) is 3. The minimum absolute atomic E-state index is 0. The summed E-state index contributed by atoms with van der Waals surface area (Å²) in [5.74, 6) is -0.175. The van der Waals surface area contributed by atoms with Crippen LogP contribution in [0.2, 0.25) is 0 Å². The van der Waals surface area contributed by atoms with Crippen LogP contribution >= 0.6 is 12.4 Å². The van der Waals surface area contributed by atoms with Crippen molar-refractivity contribution in [2.75, 3.05) is 13.6 Å². The summed E-state index contributed by atoms with van der Waals surface area (Å²) in [5.41, 5.74) is 6.49. The molecule has 2 N–H and O–H groups in total. The van der Waals surface area contributed by atoms with Gasteiger partial charge in [0.25, 0.3) is 0 Å². The Bertz CT molecular complexity index is 520. The van der Waals surface area contributed by atoms with Crippen LogP contribution < -0.4 is 5.73 Å². The first kappa shape index (κ1) is 20.3. The fourth-order valence-corrected chi connectivity index (χ4v) is 2.92. The normalized spacial score (nSPS) is 13.3. The molecule has 1 rings (SSSR count). The molecule has 0 aliphatic heterocycles. The lowest BCUT2D eigenvalue weighted by atomic mass is 10.0. The second-order valence-corrected chi connectivity index (χ2v) is 7.48. The molecule has 0 amide bonds. The number of halogens is 2. The van der Waals surface area contributed by atoms with Crippen LogP contribution in [0.4, 0.5) is 4.39 Å². The number of nitrogens with zero attached hydrogens (tertiary/aromatic N) is 1. The van der Waals surface area contributed by atoms with E-state index in [4.69, 9.17) is 5.73 Å². The summed E-state index contributed by atoms with van der Waals surface area (Å²) in [5, 5.41) is 0.